The standard InChI is InChI=1S/C26H40F2N4O4/c1-8-9-26(27,28)18-10-20-22(29-11-18)25(6,7)16-32(20)21(34)14-30-12-17(2)31(13-19(30)15-33)23(35)36-24(3,4)5/h10-11,17,19,33H,8-9,12-16H2,1-7H3. The highest BCUT2D eigenvalue weighted by Gasteiger charge is 2.43. The summed E-state index contributed by atoms with van der Waals surface area (Å²) in [6.45, 7) is 13.5. The van der Waals surface area contributed by atoms with Crippen LogP contribution in [0.5, 0.6) is 0 Å². The predicted molar refractivity (Wildman–Crippen MR) is 133 cm³/mol. The Balaban J connectivity index is 1.79. The van der Waals surface area contributed by atoms with Gasteiger partial charge in [0.2, 0.25) is 5.91 Å². The van der Waals surface area contributed by atoms with E-state index < -0.39 is 29.1 Å². The quantitative estimate of drug-likeness (QED) is 0.625. The van der Waals surface area contributed by atoms with Gasteiger partial charge in [-0.05, 0) is 33.8 Å². The molecule has 0 aromatic carbocycles. The molecule has 202 valence electrons. The second-order valence-corrected chi connectivity index (χ2v) is 11.7. The van der Waals surface area contributed by atoms with Crippen molar-refractivity contribution >= 4 is 17.7 Å². The lowest BCUT2D eigenvalue weighted by molar-refractivity contribution is -0.121. The van der Waals surface area contributed by atoms with Crippen molar-refractivity contribution in [2.75, 3.05) is 37.7 Å². The van der Waals surface area contributed by atoms with Crippen molar-refractivity contribution in [1.29, 1.82) is 0 Å². The van der Waals surface area contributed by atoms with E-state index in [1.165, 1.54) is 17.2 Å². The number of halogens is 2. The highest BCUT2D eigenvalue weighted by Crippen LogP contribution is 2.42. The van der Waals surface area contributed by atoms with E-state index in [2.05, 4.69) is 4.98 Å². The molecule has 2 aliphatic rings. The fourth-order valence-electron chi connectivity index (χ4n) is 4.93. The molecule has 1 saturated heterocycles. The van der Waals surface area contributed by atoms with Crippen LogP contribution in [0.15, 0.2) is 12.3 Å². The fraction of sp³-hybridized carbons (Fsp3) is 0.731. The van der Waals surface area contributed by atoms with Crippen molar-refractivity contribution in [1.82, 2.24) is 14.8 Å². The van der Waals surface area contributed by atoms with Gasteiger partial charge in [0.25, 0.3) is 5.92 Å². The molecule has 0 radical (unpaired) electrons. The first-order valence-electron chi connectivity index (χ1n) is 12.6. The molecular formula is C26H40F2N4O4. The minimum atomic E-state index is -3.02. The summed E-state index contributed by atoms with van der Waals surface area (Å²) in [7, 11) is 0. The Bertz CT molecular complexity index is 979. The number of carbonyl (C=O) groups excluding carboxylic acids is 2. The van der Waals surface area contributed by atoms with Crippen molar-refractivity contribution in [2.24, 2.45) is 0 Å². The summed E-state index contributed by atoms with van der Waals surface area (Å²) in [5.74, 6) is -3.27. The van der Waals surface area contributed by atoms with Crippen LogP contribution in [0.1, 0.15) is 72.6 Å². The smallest absolute Gasteiger partial charge is 0.410 e. The molecule has 8 nitrogen and oxygen atoms in total. The summed E-state index contributed by atoms with van der Waals surface area (Å²) < 4.78 is 34.8. The summed E-state index contributed by atoms with van der Waals surface area (Å²) in [4.78, 5) is 35.5. The number of fused-ring (bicyclic) bond motifs is 1. The van der Waals surface area contributed by atoms with Gasteiger partial charge >= 0.3 is 6.09 Å². The van der Waals surface area contributed by atoms with Gasteiger partial charge in [-0.2, -0.15) is 0 Å². The second kappa shape index (κ2) is 10.2. The third kappa shape index (κ3) is 5.96. The minimum absolute atomic E-state index is 0.0111. The Labute approximate surface area is 212 Å². The van der Waals surface area contributed by atoms with Crippen molar-refractivity contribution < 1.29 is 28.2 Å². The zero-order valence-corrected chi connectivity index (χ0v) is 22.5. The normalized spacial score (nSPS) is 22.5. The number of amides is 2. The summed E-state index contributed by atoms with van der Waals surface area (Å²) >= 11 is 0. The van der Waals surface area contributed by atoms with Gasteiger partial charge in [0, 0.05) is 49.3 Å². The number of anilines is 1. The molecule has 1 aromatic heterocycles. The molecule has 1 fully saturated rings. The summed E-state index contributed by atoms with van der Waals surface area (Å²) in [5.41, 5.74) is -0.280. The molecule has 2 unspecified atom stereocenters. The van der Waals surface area contributed by atoms with E-state index in [1.54, 1.807) is 32.6 Å². The third-order valence-corrected chi connectivity index (χ3v) is 6.77. The SMILES string of the molecule is CCCC(F)(F)c1cnc2c(c1)N(C(=O)CN1CC(C)N(C(=O)OC(C)(C)C)CC1CO)CC2(C)C. The van der Waals surface area contributed by atoms with Crippen LogP contribution in [0.3, 0.4) is 0 Å². The van der Waals surface area contributed by atoms with Crippen molar-refractivity contribution in [3.8, 4) is 0 Å². The lowest BCUT2D eigenvalue weighted by atomic mass is 9.91. The van der Waals surface area contributed by atoms with E-state index in [-0.39, 0.29) is 43.6 Å². The molecule has 3 heterocycles. The number of hydrogen-bond donors (Lipinski definition) is 1. The number of hydrogen-bond acceptors (Lipinski definition) is 6. The molecule has 1 aromatic rings. The topological polar surface area (TPSA) is 86.2 Å². The number of aromatic nitrogens is 1. The van der Waals surface area contributed by atoms with E-state index in [0.717, 1.165) is 0 Å². The van der Waals surface area contributed by atoms with Crippen LogP contribution in [0, 0.1) is 0 Å². The first-order chi connectivity index (χ1) is 16.6. The van der Waals surface area contributed by atoms with Crippen LogP contribution in [0.4, 0.5) is 19.3 Å². The molecule has 0 aliphatic carbocycles. The van der Waals surface area contributed by atoms with Crippen LogP contribution in [-0.2, 0) is 20.9 Å². The number of aliphatic hydroxyl groups excluding tert-OH is 1. The zero-order chi connectivity index (χ0) is 27.1. The Kier molecular flexibility index (Phi) is 8.01. The summed E-state index contributed by atoms with van der Waals surface area (Å²) in [6.07, 6.45) is 0.807. The van der Waals surface area contributed by atoms with E-state index >= 15 is 0 Å². The average Bonchev–Trinajstić information content (AvgIpc) is 3.03. The van der Waals surface area contributed by atoms with Gasteiger partial charge in [-0.3, -0.25) is 14.7 Å². The molecule has 2 atom stereocenters. The van der Waals surface area contributed by atoms with E-state index in [1.807, 2.05) is 25.7 Å². The minimum Gasteiger partial charge on any atom is -0.444 e. The average molecular weight is 511 g/mol. The molecular weight excluding hydrogens is 470 g/mol. The lowest BCUT2D eigenvalue weighted by Gasteiger charge is -2.44. The maximum atomic E-state index is 14.6. The number of ether oxygens (including phenoxy) is 1. The highest BCUT2D eigenvalue weighted by atomic mass is 19.3. The van der Waals surface area contributed by atoms with Crippen LogP contribution < -0.4 is 4.90 Å². The molecule has 2 aliphatic heterocycles. The summed E-state index contributed by atoms with van der Waals surface area (Å²) in [5, 5.41) is 10.0. The van der Waals surface area contributed by atoms with Gasteiger partial charge in [0.1, 0.15) is 5.60 Å². The number of pyridine rings is 1. The van der Waals surface area contributed by atoms with Gasteiger partial charge in [-0.25, -0.2) is 13.6 Å². The van der Waals surface area contributed by atoms with Crippen LogP contribution >= 0.6 is 0 Å². The maximum Gasteiger partial charge on any atom is 0.410 e. The van der Waals surface area contributed by atoms with Gasteiger partial charge in [-0.1, -0.05) is 27.2 Å². The van der Waals surface area contributed by atoms with Crippen molar-refractivity contribution in [3.05, 3.63) is 23.5 Å². The molecule has 0 spiro atoms. The van der Waals surface area contributed by atoms with Crippen molar-refractivity contribution in [2.45, 2.75) is 90.3 Å². The first-order valence-corrected chi connectivity index (χ1v) is 12.6. The molecule has 36 heavy (non-hydrogen) atoms. The first kappa shape index (κ1) is 28.2. The Morgan fingerprint density at radius 3 is 2.50 bits per heavy atom. The monoisotopic (exact) mass is 510 g/mol. The molecule has 0 saturated carbocycles. The number of nitrogens with zero attached hydrogens (tertiary/aromatic N) is 4. The van der Waals surface area contributed by atoms with Gasteiger partial charge in [0.15, 0.2) is 0 Å². The van der Waals surface area contributed by atoms with Crippen LogP contribution in [-0.4, -0.2) is 82.4 Å². The number of aliphatic hydroxyl groups is 1. The van der Waals surface area contributed by atoms with E-state index in [0.29, 0.717) is 30.9 Å². The van der Waals surface area contributed by atoms with Crippen molar-refractivity contribution in [3.63, 3.8) is 0 Å². The molecule has 2 amide bonds. The second-order valence-electron chi connectivity index (χ2n) is 11.7. The molecule has 1 N–H and O–H groups in total. The fourth-order valence-corrected chi connectivity index (χ4v) is 4.93. The van der Waals surface area contributed by atoms with Gasteiger partial charge in [-0.15, -0.1) is 0 Å². The highest BCUT2D eigenvalue weighted by molar-refractivity contribution is 5.97. The van der Waals surface area contributed by atoms with Gasteiger partial charge < -0.3 is 19.6 Å². The van der Waals surface area contributed by atoms with E-state index in [9.17, 15) is 23.5 Å². The third-order valence-electron chi connectivity index (χ3n) is 6.77. The Hall–Kier alpha value is -2.33. The number of alkyl halides is 2. The van der Waals surface area contributed by atoms with Crippen LogP contribution in [0.2, 0.25) is 0 Å². The molecule has 3 rings (SSSR count). The number of rotatable bonds is 6. The number of carbonyl (C=O) groups is 2. The Morgan fingerprint density at radius 2 is 1.92 bits per heavy atom. The Morgan fingerprint density at radius 1 is 1.25 bits per heavy atom. The molecule has 10 heteroatoms. The lowest BCUT2D eigenvalue weighted by Crippen LogP contribution is -2.62. The molecule has 0 bridgehead atoms. The zero-order valence-electron chi connectivity index (χ0n) is 22.5. The summed E-state index contributed by atoms with van der Waals surface area (Å²) in [6, 6.07) is 0.710. The predicted octanol–water partition coefficient (Wildman–Crippen LogP) is 3.90. The largest absolute Gasteiger partial charge is 0.444 e. The number of piperazine rings is 1. The van der Waals surface area contributed by atoms with Gasteiger partial charge in [0.05, 0.1) is 30.6 Å². The van der Waals surface area contributed by atoms with Crippen LogP contribution in [0.25, 0.3) is 0 Å². The maximum absolute atomic E-state index is 14.6. The van der Waals surface area contributed by atoms with E-state index in [4.69, 9.17) is 4.74 Å².